The van der Waals surface area contributed by atoms with Gasteiger partial charge >= 0.3 is 0 Å². The Morgan fingerprint density at radius 3 is 2.58 bits per heavy atom. The molecule has 1 heterocycles. The van der Waals surface area contributed by atoms with Crippen molar-refractivity contribution in [3.05, 3.63) is 41.6 Å². The number of fused-ring (bicyclic) bond motifs is 1. The number of pyridine rings is 1. The molecule has 0 saturated heterocycles. The van der Waals surface area contributed by atoms with Gasteiger partial charge in [-0.3, -0.25) is 14.6 Å². The molecular formula is C19H23N3O2. The largest absolute Gasteiger partial charge is 0.350 e. The fourth-order valence-electron chi connectivity index (χ4n) is 2.69. The summed E-state index contributed by atoms with van der Waals surface area (Å²) in [5.41, 5.74) is 2.07. The van der Waals surface area contributed by atoms with Crippen LogP contribution in [0.2, 0.25) is 0 Å². The van der Waals surface area contributed by atoms with E-state index in [0.29, 0.717) is 11.5 Å². The smallest absolute Gasteiger partial charge is 0.252 e. The summed E-state index contributed by atoms with van der Waals surface area (Å²) in [6.45, 7) is 5.69. The quantitative estimate of drug-likeness (QED) is 0.908. The fourth-order valence-corrected chi connectivity index (χ4v) is 2.69. The fraction of sp³-hybridized carbons (Fsp3) is 0.421. The third kappa shape index (κ3) is 3.91. The highest BCUT2D eigenvalue weighted by Gasteiger charge is 2.27. The minimum Gasteiger partial charge on any atom is -0.350 e. The third-order valence-electron chi connectivity index (χ3n) is 3.90. The molecule has 0 bridgehead atoms. The average Bonchev–Trinajstić information content (AvgIpc) is 3.34. The minimum atomic E-state index is -0.315. The van der Waals surface area contributed by atoms with E-state index in [1.165, 1.54) is 0 Å². The maximum absolute atomic E-state index is 12.6. The number of hydrogen-bond donors (Lipinski definition) is 2. The van der Waals surface area contributed by atoms with Crippen molar-refractivity contribution in [3.8, 4) is 0 Å². The first-order valence-corrected chi connectivity index (χ1v) is 8.32. The van der Waals surface area contributed by atoms with E-state index >= 15 is 0 Å². The van der Waals surface area contributed by atoms with Crippen LogP contribution in [0.25, 0.3) is 10.9 Å². The maximum atomic E-state index is 12.6. The van der Waals surface area contributed by atoms with Crippen LogP contribution in [-0.2, 0) is 4.79 Å². The van der Waals surface area contributed by atoms with Crippen LogP contribution in [0, 0.1) is 0 Å². The molecule has 0 aliphatic heterocycles. The second-order valence-electron chi connectivity index (χ2n) is 7.37. The summed E-state index contributed by atoms with van der Waals surface area (Å²) in [6, 6.07) is 9.50. The Labute approximate surface area is 141 Å². The number of benzene rings is 1. The van der Waals surface area contributed by atoms with Crippen LogP contribution in [0.4, 0.5) is 0 Å². The first kappa shape index (κ1) is 16.4. The van der Waals surface area contributed by atoms with E-state index in [1.807, 2.05) is 51.1 Å². The molecule has 1 saturated carbocycles. The van der Waals surface area contributed by atoms with Crippen molar-refractivity contribution < 1.29 is 9.59 Å². The molecule has 1 aromatic heterocycles. The predicted molar refractivity (Wildman–Crippen MR) is 93.9 cm³/mol. The number of nitrogens with one attached hydrogen (secondary N) is 2. The second-order valence-corrected chi connectivity index (χ2v) is 7.37. The highest BCUT2D eigenvalue weighted by Crippen LogP contribution is 2.40. The Balaban J connectivity index is 1.80. The summed E-state index contributed by atoms with van der Waals surface area (Å²) in [5.74, 6) is 0.0292. The number of carbonyl (C=O) groups excluding carboxylic acids is 2. The summed E-state index contributed by atoms with van der Waals surface area (Å²) in [7, 11) is 0. The van der Waals surface area contributed by atoms with Crippen molar-refractivity contribution in [2.24, 2.45) is 0 Å². The zero-order valence-electron chi connectivity index (χ0n) is 14.3. The second kappa shape index (κ2) is 6.23. The highest BCUT2D eigenvalue weighted by atomic mass is 16.2. The van der Waals surface area contributed by atoms with Crippen LogP contribution < -0.4 is 10.6 Å². The van der Waals surface area contributed by atoms with Gasteiger partial charge < -0.3 is 10.6 Å². The van der Waals surface area contributed by atoms with Gasteiger partial charge in [-0.25, -0.2) is 0 Å². The highest BCUT2D eigenvalue weighted by molar-refractivity contribution is 6.07. The van der Waals surface area contributed by atoms with Crippen molar-refractivity contribution >= 4 is 22.7 Å². The Hall–Kier alpha value is -2.43. The van der Waals surface area contributed by atoms with Gasteiger partial charge in [0.25, 0.3) is 5.91 Å². The van der Waals surface area contributed by atoms with Crippen molar-refractivity contribution in [1.82, 2.24) is 15.6 Å². The first-order chi connectivity index (χ1) is 11.3. The van der Waals surface area contributed by atoms with Crippen LogP contribution in [0.5, 0.6) is 0 Å². The van der Waals surface area contributed by atoms with Crippen LogP contribution in [0.15, 0.2) is 30.3 Å². The lowest BCUT2D eigenvalue weighted by atomic mass is 10.1. The monoisotopic (exact) mass is 325 g/mol. The summed E-state index contributed by atoms with van der Waals surface area (Å²) in [6.07, 6.45) is 2.25. The third-order valence-corrected chi connectivity index (χ3v) is 3.90. The SMILES string of the molecule is CC(C)(C)NC(=O)CNC(=O)c1cc(C2CC2)nc2ccccc12. The molecule has 3 rings (SSSR count). The molecule has 1 aromatic carbocycles. The average molecular weight is 325 g/mol. The lowest BCUT2D eigenvalue weighted by molar-refractivity contribution is -0.121. The summed E-state index contributed by atoms with van der Waals surface area (Å²) in [4.78, 5) is 29.2. The molecule has 24 heavy (non-hydrogen) atoms. The molecule has 0 radical (unpaired) electrons. The van der Waals surface area contributed by atoms with Gasteiger partial charge in [0, 0.05) is 22.5 Å². The van der Waals surface area contributed by atoms with Gasteiger partial charge in [0.15, 0.2) is 0 Å². The lowest BCUT2D eigenvalue weighted by Gasteiger charge is -2.20. The van der Waals surface area contributed by atoms with Gasteiger partial charge in [-0.1, -0.05) is 18.2 Å². The summed E-state index contributed by atoms with van der Waals surface area (Å²) >= 11 is 0. The van der Waals surface area contributed by atoms with Crippen molar-refractivity contribution in [2.75, 3.05) is 6.54 Å². The number of amides is 2. The molecule has 1 fully saturated rings. The van der Waals surface area contributed by atoms with Crippen molar-refractivity contribution in [2.45, 2.75) is 45.1 Å². The normalized spacial score (nSPS) is 14.5. The van der Waals surface area contributed by atoms with E-state index in [4.69, 9.17) is 0 Å². The standard InChI is InChI=1S/C19H23N3O2/c1-19(2,3)22-17(23)11-20-18(24)14-10-16(12-8-9-12)21-15-7-5-4-6-13(14)15/h4-7,10,12H,8-9,11H2,1-3H3,(H,20,24)(H,22,23). The van der Waals surface area contributed by atoms with Gasteiger partial charge in [-0.05, 0) is 45.7 Å². The van der Waals surface area contributed by atoms with E-state index in [2.05, 4.69) is 15.6 Å². The molecule has 1 aliphatic rings. The van der Waals surface area contributed by atoms with Gasteiger partial charge in [0.05, 0.1) is 17.6 Å². The van der Waals surface area contributed by atoms with Gasteiger partial charge in [-0.2, -0.15) is 0 Å². The van der Waals surface area contributed by atoms with Gasteiger partial charge in [0.2, 0.25) is 5.91 Å². The molecular weight excluding hydrogens is 302 g/mol. The van der Waals surface area contributed by atoms with Crippen LogP contribution in [0.1, 0.15) is 55.6 Å². The van der Waals surface area contributed by atoms with E-state index in [0.717, 1.165) is 29.4 Å². The zero-order chi connectivity index (χ0) is 17.3. The molecule has 126 valence electrons. The molecule has 0 spiro atoms. The van der Waals surface area contributed by atoms with Crippen LogP contribution >= 0.6 is 0 Å². The van der Waals surface area contributed by atoms with E-state index < -0.39 is 0 Å². The minimum absolute atomic E-state index is 0.0362. The zero-order valence-corrected chi connectivity index (χ0v) is 14.3. The maximum Gasteiger partial charge on any atom is 0.252 e. The van der Waals surface area contributed by atoms with Crippen LogP contribution in [0.3, 0.4) is 0 Å². The van der Waals surface area contributed by atoms with E-state index in [1.54, 1.807) is 0 Å². The van der Waals surface area contributed by atoms with E-state index in [9.17, 15) is 9.59 Å². The van der Waals surface area contributed by atoms with Crippen molar-refractivity contribution in [1.29, 1.82) is 0 Å². The molecule has 0 unspecified atom stereocenters. The molecule has 1 aliphatic carbocycles. The van der Waals surface area contributed by atoms with Crippen LogP contribution in [-0.4, -0.2) is 28.9 Å². The molecule has 0 atom stereocenters. The number of nitrogens with zero attached hydrogens (tertiary/aromatic N) is 1. The number of para-hydroxylation sites is 1. The first-order valence-electron chi connectivity index (χ1n) is 8.32. The molecule has 5 nitrogen and oxygen atoms in total. The Morgan fingerprint density at radius 1 is 1.21 bits per heavy atom. The lowest BCUT2D eigenvalue weighted by Crippen LogP contribution is -2.45. The summed E-state index contributed by atoms with van der Waals surface area (Å²) < 4.78 is 0. The Bertz CT molecular complexity index is 789. The number of carbonyl (C=O) groups is 2. The molecule has 2 N–H and O–H groups in total. The molecule has 2 aromatic rings. The van der Waals surface area contributed by atoms with Crippen molar-refractivity contribution in [3.63, 3.8) is 0 Å². The Morgan fingerprint density at radius 2 is 1.92 bits per heavy atom. The topological polar surface area (TPSA) is 71.1 Å². The predicted octanol–water partition coefficient (Wildman–Crippen LogP) is 2.76. The number of aromatic nitrogens is 1. The Kier molecular flexibility index (Phi) is 4.26. The molecule has 5 heteroatoms. The number of hydrogen-bond acceptors (Lipinski definition) is 3. The summed E-state index contributed by atoms with van der Waals surface area (Å²) in [5, 5.41) is 6.37. The van der Waals surface area contributed by atoms with Gasteiger partial charge in [0.1, 0.15) is 0 Å². The van der Waals surface area contributed by atoms with E-state index in [-0.39, 0.29) is 23.9 Å². The van der Waals surface area contributed by atoms with Gasteiger partial charge in [-0.15, -0.1) is 0 Å². The number of rotatable bonds is 4. The molecule has 2 amide bonds.